The third-order valence-corrected chi connectivity index (χ3v) is 6.31. The topological polar surface area (TPSA) is 173 Å². The van der Waals surface area contributed by atoms with Crippen molar-refractivity contribution in [3.8, 4) is 0 Å². The van der Waals surface area contributed by atoms with Gasteiger partial charge in [-0.1, -0.05) is 29.8 Å². The fourth-order valence-corrected chi connectivity index (χ4v) is 4.35. The van der Waals surface area contributed by atoms with Crippen molar-refractivity contribution in [3.05, 3.63) is 63.9 Å². The highest BCUT2D eigenvalue weighted by Gasteiger charge is 2.35. The number of guanidine groups is 2. The maximum absolute atomic E-state index is 13.7. The Hall–Kier alpha value is -3.86. The number of nitrogens with one attached hydrogen (secondary N) is 5. The van der Waals surface area contributed by atoms with Gasteiger partial charge in [-0.3, -0.25) is 20.4 Å². The Balaban J connectivity index is 1.79. The molecule has 10 nitrogen and oxygen atoms in total. The summed E-state index contributed by atoms with van der Waals surface area (Å²) < 4.78 is 13.7. The highest BCUT2D eigenvalue weighted by Crippen LogP contribution is 2.36. The van der Waals surface area contributed by atoms with Gasteiger partial charge in [0.1, 0.15) is 5.82 Å². The summed E-state index contributed by atoms with van der Waals surface area (Å²) in [5, 5.41) is 23.1. The van der Waals surface area contributed by atoms with Crippen LogP contribution in [0.15, 0.2) is 36.4 Å². The summed E-state index contributed by atoms with van der Waals surface area (Å²) in [7, 11) is 0. The first kappa shape index (κ1) is 26.7. The molecule has 0 spiro atoms. The number of halogens is 2. The number of nitrogens with two attached hydrogens (primary N) is 2. The van der Waals surface area contributed by atoms with Gasteiger partial charge in [-0.25, -0.2) is 4.39 Å². The third-order valence-electron chi connectivity index (χ3n) is 6.01. The van der Waals surface area contributed by atoms with E-state index in [1.54, 1.807) is 4.90 Å². The number of fused-ring (bicyclic) bond motifs is 1. The summed E-state index contributed by atoms with van der Waals surface area (Å²) in [5.74, 6) is -2.96. The second-order valence-electron chi connectivity index (χ2n) is 8.93. The minimum Gasteiger partial charge on any atom is -0.370 e. The minimum absolute atomic E-state index is 0.0224. The molecular formula is C24H30ClFN8O2. The molecule has 1 aliphatic rings. The van der Waals surface area contributed by atoms with Crippen LogP contribution in [0.2, 0.25) is 5.02 Å². The Kier molecular flexibility index (Phi) is 8.36. The van der Waals surface area contributed by atoms with Crippen LogP contribution in [0.1, 0.15) is 36.6 Å². The average molecular weight is 517 g/mol. The zero-order valence-corrected chi connectivity index (χ0v) is 20.7. The molecule has 2 amide bonds. The molecule has 0 radical (unpaired) electrons. The number of hydrogen-bond acceptors (Lipinski definition) is 4. The second-order valence-corrected chi connectivity index (χ2v) is 9.34. The zero-order chi connectivity index (χ0) is 26.6. The van der Waals surface area contributed by atoms with Gasteiger partial charge in [0.2, 0.25) is 0 Å². The molecule has 0 bridgehead atoms. The van der Waals surface area contributed by atoms with Crippen LogP contribution in [0.5, 0.6) is 0 Å². The van der Waals surface area contributed by atoms with Crippen LogP contribution in [0.25, 0.3) is 0 Å². The number of rotatable bonds is 7. The standard InChI is InChI=1S/C24H30ClFN8O2/c1-12(2)34(24(29)30)11-13-3-5-17-14(7-13)8-15(10-31-23(27)28)20(17)33-22(36)21(35)32-16-4-6-18(25)19(26)9-16/h3-7,9,12,15,20H,8,10-11H2,1-2H3,(H3,29,30)(H,32,35)(H,33,36)(H4,27,28,31)/t15-,20-/m1/s1. The van der Waals surface area contributed by atoms with E-state index in [2.05, 4.69) is 16.0 Å². The lowest BCUT2D eigenvalue weighted by Gasteiger charge is -2.27. The molecule has 0 saturated carbocycles. The summed E-state index contributed by atoms with van der Waals surface area (Å²) in [4.78, 5) is 27.0. The fraction of sp³-hybridized carbons (Fsp3) is 0.333. The number of carbonyl (C=O) groups excluding carboxylic acids is 2. The molecule has 2 atom stereocenters. The van der Waals surface area contributed by atoms with E-state index >= 15 is 0 Å². The molecule has 0 aliphatic heterocycles. The molecule has 2 aromatic rings. The summed E-state index contributed by atoms with van der Waals surface area (Å²) in [6, 6.07) is 9.01. The van der Waals surface area contributed by atoms with Gasteiger partial charge in [-0.05, 0) is 55.2 Å². The number of nitrogens with zero attached hydrogens (tertiary/aromatic N) is 1. The molecule has 12 heteroatoms. The van der Waals surface area contributed by atoms with Crippen molar-refractivity contribution in [3.63, 3.8) is 0 Å². The fourth-order valence-electron chi connectivity index (χ4n) is 4.23. The van der Waals surface area contributed by atoms with E-state index in [0.29, 0.717) is 19.5 Å². The number of amides is 2. The first-order chi connectivity index (χ1) is 17.0. The molecule has 2 aromatic carbocycles. The quantitative estimate of drug-likeness (QED) is 0.168. The smallest absolute Gasteiger partial charge is 0.313 e. The average Bonchev–Trinajstić information content (AvgIpc) is 3.14. The maximum Gasteiger partial charge on any atom is 0.313 e. The van der Waals surface area contributed by atoms with Gasteiger partial charge in [0.25, 0.3) is 0 Å². The van der Waals surface area contributed by atoms with Crippen LogP contribution in [-0.4, -0.2) is 41.2 Å². The molecule has 0 unspecified atom stereocenters. The molecule has 0 saturated heterocycles. The summed E-state index contributed by atoms with van der Waals surface area (Å²) >= 11 is 5.66. The Morgan fingerprint density at radius 2 is 1.89 bits per heavy atom. The van der Waals surface area contributed by atoms with E-state index in [-0.39, 0.29) is 34.6 Å². The van der Waals surface area contributed by atoms with E-state index in [1.807, 2.05) is 32.0 Å². The lowest BCUT2D eigenvalue weighted by atomic mass is 10.00. The summed E-state index contributed by atoms with van der Waals surface area (Å²) in [5.41, 5.74) is 14.0. The molecule has 192 valence electrons. The molecule has 3 rings (SSSR count). The highest BCUT2D eigenvalue weighted by molar-refractivity contribution is 6.39. The van der Waals surface area contributed by atoms with E-state index in [4.69, 9.17) is 33.9 Å². The Labute approximate surface area is 213 Å². The molecule has 9 N–H and O–H groups in total. The number of hydrogen-bond donors (Lipinski definition) is 7. The first-order valence-corrected chi connectivity index (χ1v) is 11.7. The molecule has 1 aliphatic carbocycles. The largest absolute Gasteiger partial charge is 0.370 e. The minimum atomic E-state index is -0.950. The number of anilines is 1. The van der Waals surface area contributed by atoms with Crippen LogP contribution < -0.4 is 27.4 Å². The van der Waals surface area contributed by atoms with Gasteiger partial charge in [-0.15, -0.1) is 0 Å². The monoisotopic (exact) mass is 516 g/mol. The predicted octanol–water partition coefficient (Wildman–Crippen LogP) is 2.03. The first-order valence-electron chi connectivity index (χ1n) is 11.3. The van der Waals surface area contributed by atoms with Gasteiger partial charge >= 0.3 is 11.8 Å². The van der Waals surface area contributed by atoms with Gasteiger partial charge in [-0.2, -0.15) is 0 Å². The molecule has 0 fully saturated rings. The van der Waals surface area contributed by atoms with E-state index in [1.165, 1.54) is 12.1 Å². The van der Waals surface area contributed by atoms with E-state index in [0.717, 1.165) is 22.8 Å². The molecule has 36 heavy (non-hydrogen) atoms. The van der Waals surface area contributed by atoms with Gasteiger partial charge < -0.3 is 32.3 Å². The predicted molar refractivity (Wildman–Crippen MR) is 137 cm³/mol. The number of carbonyl (C=O) groups is 2. The van der Waals surface area contributed by atoms with Crippen LogP contribution in [0, 0.1) is 22.6 Å². The lowest BCUT2D eigenvalue weighted by Crippen LogP contribution is -2.43. The summed E-state index contributed by atoms with van der Waals surface area (Å²) in [6.07, 6.45) is 0.570. The SMILES string of the molecule is CC(C)N(Cc1ccc2c(c1)C[C@H](CNC(=N)N)[C@H]2NC(=O)C(=O)Nc1ccc(Cl)c(F)c1)C(=N)N. The van der Waals surface area contributed by atoms with Crippen molar-refractivity contribution in [2.75, 3.05) is 11.9 Å². The van der Waals surface area contributed by atoms with Crippen LogP contribution in [-0.2, 0) is 22.6 Å². The van der Waals surface area contributed by atoms with Gasteiger partial charge in [0.05, 0.1) is 11.1 Å². The van der Waals surface area contributed by atoms with Crippen molar-refractivity contribution in [2.24, 2.45) is 17.4 Å². The van der Waals surface area contributed by atoms with Crippen LogP contribution in [0.4, 0.5) is 10.1 Å². The zero-order valence-electron chi connectivity index (χ0n) is 20.0. The highest BCUT2D eigenvalue weighted by atomic mass is 35.5. The van der Waals surface area contributed by atoms with Crippen molar-refractivity contribution in [2.45, 2.75) is 38.9 Å². The maximum atomic E-state index is 13.7. The van der Waals surface area contributed by atoms with Crippen molar-refractivity contribution in [1.29, 1.82) is 10.8 Å². The van der Waals surface area contributed by atoms with Gasteiger partial charge in [0, 0.05) is 30.7 Å². The van der Waals surface area contributed by atoms with Crippen LogP contribution >= 0.6 is 11.6 Å². The van der Waals surface area contributed by atoms with Crippen LogP contribution in [0.3, 0.4) is 0 Å². The molecule has 0 heterocycles. The molecular weight excluding hydrogens is 487 g/mol. The lowest BCUT2D eigenvalue weighted by molar-refractivity contribution is -0.136. The summed E-state index contributed by atoms with van der Waals surface area (Å²) in [6.45, 7) is 4.66. The Morgan fingerprint density at radius 1 is 1.17 bits per heavy atom. The van der Waals surface area contributed by atoms with E-state index in [9.17, 15) is 14.0 Å². The second kappa shape index (κ2) is 11.3. The normalized spacial score (nSPS) is 16.2. The van der Waals surface area contributed by atoms with Crippen molar-refractivity contribution < 1.29 is 14.0 Å². The van der Waals surface area contributed by atoms with E-state index < -0.39 is 23.7 Å². The third kappa shape index (κ3) is 6.42. The Morgan fingerprint density at radius 3 is 2.50 bits per heavy atom. The van der Waals surface area contributed by atoms with Gasteiger partial charge in [0.15, 0.2) is 11.9 Å². The Bertz CT molecular complexity index is 1190. The molecule has 0 aromatic heterocycles. The van der Waals surface area contributed by atoms with Crippen molar-refractivity contribution >= 4 is 41.0 Å². The van der Waals surface area contributed by atoms with Crippen molar-refractivity contribution in [1.82, 2.24) is 15.5 Å². The number of benzene rings is 2.